The van der Waals surface area contributed by atoms with Crippen LogP contribution in [0.15, 0.2) is 66.9 Å². The van der Waals surface area contributed by atoms with Gasteiger partial charge in [0.25, 0.3) is 0 Å². The topological polar surface area (TPSA) is 77.6 Å². The summed E-state index contributed by atoms with van der Waals surface area (Å²) in [5, 5.41) is 12.1. The fraction of sp³-hybridized carbons (Fsp3) is 0.250. The van der Waals surface area contributed by atoms with Crippen molar-refractivity contribution >= 4 is 16.6 Å². The molecular formula is C28H27FN2O3. The van der Waals surface area contributed by atoms with Gasteiger partial charge in [-0.3, -0.25) is 0 Å². The van der Waals surface area contributed by atoms with Crippen molar-refractivity contribution in [1.82, 2.24) is 4.98 Å². The van der Waals surface area contributed by atoms with Gasteiger partial charge in [-0.1, -0.05) is 30.3 Å². The van der Waals surface area contributed by atoms with E-state index in [9.17, 15) is 9.50 Å². The van der Waals surface area contributed by atoms with Gasteiger partial charge >= 0.3 is 0 Å². The molecule has 2 atom stereocenters. The van der Waals surface area contributed by atoms with Crippen LogP contribution < -0.4 is 10.5 Å². The number of fused-ring (bicyclic) bond motifs is 2. The maximum atomic E-state index is 14.1. The molecule has 0 amide bonds. The molecule has 4 aromatic rings. The number of aliphatic hydroxyl groups excluding tert-OH is 1. The molecule has 34 heavy (non-hydrogen) atoms. The predicted octanol–water partition coefficient (Wildman–Crippen LogP) is 5.59. The summed E-state index contributed by atoms with van der Waals surface area (Å²) in [6.07, 6.45) is 2.47. The Hall–Kier alpha value is -3.48. The third-order valence-electron chi connectivity index (χ3n) is 6.35. The number of anilines is 1. The molecule has 1 aliphatic carbocycles. The second kappa shape index (κ2) is 9.41. The molecule has 1 heterocycles. The summed E-state index contributed by atoms with van der Waals surface area (Å²) in [4.78, 5) is 4.21. The Labute approximate surface area is 198 Å². The maximum absolute atomic E-state index is 14.1. The average Bonchev–Trinajstić information content (AvgIpc) is 3.23. The number of rotatable bonds is 7. The van der Waals surface area contributed by atoms with Crippen molar-refractivity contribution in [3.05, 3.63) is 89.4 Å². The van der Waals surface area contributed by atoms with Gasteiger partial charge in [0.1, 0.15) is 23.5 Å². The number of ether oxygens (including phenoxy) is 2. The van der Waals surface area contributed by atoms with Crippen LogP contribution in [0.2, 0.25) is 0 Å². The highest BCUT2D eigenvalue weighted by molar-refractivity contribution is 5.94. The first-order valence-corrected chi connectivity index (χ1v) is 11.5. The molecular weight excluding hydrogens is 431 g/mol. The number of pyridine rings is 1. The Balaban J connectivity index is 1.45. The summed E-state index contributed by atoms with van der Waals surface area (Å²) >= 11 is 0. The number of hydrogen-bond acceptors (Lipinski definition) is 5. The van der Waals surface area contributed by atoms with E-state index in [-0.39, 0.29) is 18.3 Å². The van der Waals surface area contributed by atoms with E-state index in [4.69, 9.17) is 15.2 Å². The van der Waals surface area contributed by atoms with Crippen molar-refractivity contribution in [3.8, 4) is 16.9 Å². The first kappa shape index (κ1) is 22.3. The fourth-order valence-corrected chi connectivity index (χ4v) is 4.64. The Morgan fingerprint density at radius 2 is 1.91 bits per heavy atom. The fourth-order valence-electron chi connectivity index (χ4n) is 4.64. The highest BCUT2D eigenvalue weighted by atomic mass is 19.1. The van der Waals surface area contributed by atoms with E-state index in [1.54, 1.807) is 12.3 Å². The van der Waals surface area contributed by atoms with Crippen LogP contribution >= 0.6 is 0 Å². The number of hydrogen-bond donors (Lipinski definition) is 2. The van der Waals surface area contributed by atoms with Gasteiger partial charge in [0, 0.05) is 30.7 Å². The molecule has 1 aromatic heterocycles. The number of aryl methyl sites for hydroxylation is 1. The van der Waals surface area contributed by atoms with Crippen molar-refractivity contribution in [2.75, 3.05) is 12.3 Å². The molecule has 1 unspecified atom stereocenters. The van der Waals surface area contributed by atoms with E-state index < -0.39 is 6.29 Å². The van der Waals surface area contributed by atoms with E-state index in [1.165, 1.54) is 17.7 Å². The number of nitrogens with two attached hydrogens (primary N) is 1. The molecule has 0 radical (unpaired) electrons. The Bertz CT molecular complexity index is 1340. The molecule has 3 aromatic carbocycles. The van der Waals surface area contributed by atoms with Crippen molar-refractivity contribution in [2.24, 2.45) is 0 Å². The quantitative estimate of drug-likeness (QED) is 0.353. The normalized spacial score (nSPS) is 15.9. The third-order valence-corrected chi connectivity index (χ3v) is 6.35. The zero-order valence-electron chi connectivity index (χ0n) is 19.0. The lowest BCUT2D eigenvalue weighted by atomic mass is 9.98. The first-order chi connectivity index (χ1) is 16.5. The van der Waals surface area contributed by atoms with Crippen LogP contribution in [-0.4, -0.2) is 23.0 Å². The minimum absolute atomic E-state index is 0.202. The Morgan fingerprint density at radius 1 is 1.09 bits per heavy atom. The number of nitrogen functional groups attached to an aromatic ring is 1. The monoisotopic (exact) mass is 458 g/mol. The van der Waals surface area contributed by atoms with E-state index >= 15 is 0 Å². The Morgan fingerprint density at radius 3 is 2.76 bits per heavy atom. The van der Waals surface area contributed by atoms with Gasteiger partial charge in [0.2, 0.25) is 0 Å². The van der Waals surface area contributed by atoms with Gasteiger partial charge in [0.05, 0.1) is 0 Å². The largest absolute Gasteiger partial charge is 0.485 e. The summed E-state index contributed by atoms with van der Waals surface area (Å²) in [6.45, 7) is 2.21. The lowest BCUT2D eigenvalue weighted by Crippen LogP contribution is -2.16. The summed E-state index contributed by atoms with van der Waals surface area (Å²) in [5.41, 5.74) is 11.2. The molecule has 0 aliphatic heterocycles. The second-order valence-corrected chi connectivity index (χ2v) is 8.56. The van der Waals surface area contributed by atoms with Crippen molar-refractivity contribution in [1.29, 1.82) is 0 Å². The van der Waals surface area contributed by atoms with Crippen LogP contribution in [0.3, 0.4) is 0 Å². The van der Waals surface area contributed by atoms with E-state index in [0.717, 1.165) is 40.3 Å². The average molecular weight is 459 g/mol. The Kier molecular flexibility index (Phi) is 6.18. The molecule has 0 saturated carbocycles. The lowest BCUT2D eigenvalue weighted by Gasteiger charge is -2.20. The minimum Gasteiger partial charge on any atom is -0.485 e. The van der Waals surface area contributed by atoms with Gasteiger partial charge in [-0.25, -0.2) is 9.37 Å². The van der Waals surface area contributed by atoms with Gasteiger partial charge in [-0.15, -0.1) is 0 Å². The SMILES string of the molecule is CCOC(O)Cc1ccc(F)cc1O[C@@H]1CCc2ccc(-c3ccc4ccnc(N)c4c3)cc21. The van der Waals surface area contributed by atoms with Gasteiger partial charge < -0.3 is 20.3 Å². The number of aromatic nitrogens is 1. The van der Waals surface area contributed by atoms with Crippen LogP contribution in [0.1, 0.15) is 36.1 Å². The van der Waals surface area contributed by atoms with Crippen LogP contribution in [0.25, 0.3) is 21.9 Å². The van der Waals surface area contributed by atoms with Gasteiger partial charge in [0.15, 0.2) is 6.29 Å². The highest BCUT2D eigenvalue weighted by Crippen LogP contribution is 2.39. The van der Waals surface area contributed by atoms with Crippen LogP contribution in [-0.2, 0) is 17.6 Å². The molecule has 0 bridgehead atoms. The summed E-state index contributed by atoms with van der Waals surface area (Å²) < 4.78 is 25.6. The molecule has 5 rings (SSSR count). The summed E-state index contributed by atoms with van der Waals surface area (Å²) in [7, 11) is 0. The lowest BCUT2D eigenvalue weighted by molar-refractivity contribution is -0.0931. The number of nitrogens with zero attached hydrogens (tertiary/aromatic N) is 1. The number of aliphatic hydroxyl groups is 1. The number of halogens is 1. The molecule has 5 nitrogen and oxygen atoms in total. The van der Waals surface area contributed by atoms with Crippen LogP contribution in [0.4, 0.5) is 10.2 Å². The summed E-state index contributed by atoms with van der Waals surface area (Å²) in [5.74, 6) is 0.570. The van der Waals surface area contributed by atoms with E-state index in [1.807, 2.05) is 19.1 Å². The minimum atomic E-state index is -0.963. The summed E-state index contributed by atoms with van der Waals surface area (Å²) in [6, 6.07) is 18.9. The van der Waals surface area contributed by atoms with E-state index in [0.29, 0.717) is 23.7 Å². The maximum Gasteiger partial charge on any atom is 0.158 e. The first-order valence-electron chi connectivity index (χ1n) is 11.5. The van der Waals surface area contributed by atoms with Crippen molar-refractivity contribution < 1.29 is 19.0 Å². The van der Waals surface area contributed by atoms with Crippen LogP contribution in [0, 0.1) is 5.82 Å². The third kappa shape index (κ3) is 4.47. The molecule has 0 saturated heterocycles. The molecule has 174 valence electrons. The molecule has 0 fully saturated rings. The molecule has 3 N–H and O–H groups in total. The smallest absolute Gasteiger partial charge is 0.158 e. The van der Waals surface area contributed by atoms with Crippen LogP contribution in [0.5, 0.6) is 5.75 Å². The second-order valence-electron chi connectivity index (χ2n) is 8.56. The zero-order valence-corrected chi connectivity index (χ0v) is 19.0. The van der Waals surface area contributed by atoms with Gasteiger partial charge in [-0.05, 0) is 77.2 Å². The highest BCUT2D eigenvalue weighted by Gasteiger charge is 2.26. The molecule has 6 heteroatoms. The molecule has 1 aliphatic rings. The number of benzene rings is 3. The standard InChI is InChI=1S/C28H27FN2O3/c1-2-33-27(32)15-21-7-9-22(29)16-26(21)34-25-10-8-17-3-5-19(13-23(17)25)20-6-4-18-11-12-31-28(30)24(18)14-20/h3-7,9,11-14,16,25,27,32H,2,8,10,15H2,1H3,(H2,30,31)/t25-,27?/m1/s1. The predicted molar refractivity (Wildman–Crippen MR) is 131 cm³/mol. The zero-order chi connectivity index (χ0) is 23.7. The molecule has 0 spiro atoms. The van der Waals surface area contributed by atoms with Gasteiger partial charge in [-0.2, -0.15) is 0 Å². The van der Waals surface area contributed by atoms with Crippen molar-refractivity contribution in [2.45, 2.75) is 38.6 Å². The van der Waals surface area contributed by atoms with E-state index in [2.05, 4.69) is 35.3 Å². The van der Waals surface area contributed by atoms with Crippen molar-refractivity contribution in [3.63, 3.8) is 0 Å².